The van der Waals surface area contributed by atoms with Crippen molar-refractivity contribution in [2.24, 2.45) is 5.73 Å². The summed E-state index contributed by atoms with van der Waals surface area (Å²) in [6.45, 7) is 0.174. The summed E-state index contributed by atoms with van der Waals surface area (Å²) in [6, 6.07) is 6.22. The molecule has 2 aromatic heterocycles. The molecule has 0 atom stereocenters. The molecule has 3 aromatic rings. The van der Waals surface area contributed by atoms with Crippen LogP contribution >= 0.6 is 11.6 Å². The van der Waals surface area contributed by atoms with Crippen LogP contribution in [0.4, 0.5) is 14.9 Å². The van der Waals surface area contributed by atoms with Gasteiger partial charge in [0.05, 0.1) is 28.6 Å². The molecule has 0 aliphatic heterocycles. The predicted molar refractivity (Wildman–Crippen MR) is 108 cm³/mol. The first kappa shape index (κ1) is 19.2. The zero-order valence-corrected chi connectivity index (χ0v) is 16.2. The highest BCUT2D eigenvalue weighted by Crippen LogP contribution is 2.25. The zero-order valence-electron chi connectivity index (χ0n) is 15.5. The van der Waals surface area contributed by atoms with Crippen molar-refractivity contribution in [2.75, 3.05) is 4.90 Å². The summed E-state index contributed by atoms with van der Waals surface area (Å²) in [4.78, 5) is 26.0. The van der Waals surface area contributed by atoms with E-state index in [0.29, 0.717) is 11.4 Å². The van der Waals surface area contributed by atoms with Crippen molar-refractivity contribution in [1.29, 1.82) is 0 Å². The molecule has 4 rings (SSSR count). The Bertz CT molecular complexity index is 1140. The topological polar surface area (TPSA) is 97.0 Å². The Balaban J connectivity index is 1.65. The van der Waals surface area contributed by atoms with Gasteiger partial charge in [0, 0.05) is 18.0 Å². The minimum absolute atomic E-state index is 0.0828. The van der Waals surface area contributed by atoms with E-state index >= 15 is 0 Å². The number of benzene rings is 1. The van der Waals surface area contributed by atoms with Crippen molar-refractivity contribution in [1.82, 2.24) is 14.8 Å². The number of aryl methyl sites for hydroxylation is 1. The summed E-state index contributed by atoms with van der Waals surface area (Å²) < 4.78 is 14.7. The van der Waals surface area contributed by atoms with E-state index in [1.165, 1.54) is 39.9 Å². The summed E-state index contributed by atoms with van der Waals surface area (Å²) in [7, 11) is 0. The van der Waals surface area contributed by atoms with E-state index in [1.807, 2.05) is 0 Å². The lowest BCUT2D eigenvalue weighted by molar-refractivity contribution is 0.253. The third-order valence-corrected chi connectivity index (χ3v) is 5.40. The molecule has 0 fully saturated rings. The van der Waals surface area contributed by atoms with Gasteiger partial charge in [-0.2, -0.15) is 5.10 Å². The van der Waals surface area contributed by atoms with Crippen LogP contribution in [0.1, 0.15) is 29.8 Å². The number of urea groups is 1. The third kappa shape index (κ3) is 3.75. The number of aromatic nitrogens is 3. The predicted octanol–water partition coefficient (Wildman–Crippen LogP) is 3.32. The number of hydrogen-bond donors (Lipinski definition) is 2. The SMILES string of the molecule is NC(=O)N(Cc1n[nH]c2c1CCCC2)c1ccn(-c2ccc(F)c(Cl)c2)c(=O)c1. The molecule has 0 bridgehead atoms. The molecule has 2 heterocycles. The van der Waals surface area contributed by atoms with Crippen molar-refractivity contribution in [3.8, 4) is 5.69 Å². The highest BCUT2D eigenvalue weighted by molar-refractivity contribution is 6.30. The first-order valence-electron chi connectivity index (χ1n) is 9.24. The van der Waals surface area contributed by atoms with Crippen LogP contribution in [0.15, 0.2) is 41.3 Å². The van der Waals surface area contributed by atoms with Crippen molar-refractivity contribution < 1.29 is 9.18 Å². The Morgan fingerprint density at radius 2 is 2.07 bits per heavy atom. The number of rotatable bonds is 4. The molecule has 0 spiro atoms. The number of carbonyl (C=O) groups excluding carboxylic acids is 1. The van der Waals surface area contributed by atoms with Gasteiger partial charge in [-0.15, -0.1) is 0 Å². The summed E-state index contributed by atoms with van der Waals surface area (Å²) >= 11 is 5.81. The second-order valence-corrected chi connectivity index (χ2v) is 7.36. The lowest BCUT2D eigenvalue weighted by Crippen LogP contribution is -2.36. The standard InChI is InChI=1S/C20H19ClFN5O2/c21-15-9-12(5-6-16(15)22)26-8-7-13(10-19(26)28)27(20(23)29)11-18-14-3-1-2-4-17(14)24-25-18/h5-10H,1-4,11H2,(H2,23,29)(H,24,25). The first-order chi connectivity index (χ1) is 13.9. The number of hydrogen-bond acceptors (Lipinski definition) is 3. The van der Waals surface area contributed by atoms with Crippen LogP contribution < -0.4 is 16.2 Å². The molecule has 7 nitrogen and oxygen atoms in total. The molecule has 9 heteroatoms. The van der Waals surface area contributed by atoms with Crippen LogP contribution in [0.2, 0.25) is 5.02 Å². The number of pyridine rings is 1. The van der Waals surface area contributed by atoms with E-state index in [1.54, 1.807) is 6.07 Å². The minimum Gasteiger partial charge on any atom is -0.351 e. The fourth-order valence-corrected chi connectivity index (χ4v) is 3.79. The number of H-pyrrole nitrogens is 1. The van der Waals surface area contributed by atoms with Gasteiger partial charge < -0.3 is 5.73 Å². The number of primary amides is 1. The van der Waals surface area contributed by atoms with Gasteiger partial charge in [-0.25, -0.2) is 9.18 Å². The van der Waals surface area contributed by atoms with E-state index in [9.17, 15) is 14.0 Å². The number of nitrogens with two attached hydrogens (primary N) is 1. The molecular formula is C20H19ClFN5O2. The van der Waals surface area contributed by atoms with Crippen LogP contribution in [-0.4, -0.2) is 20.8 Å². The van der Waals surface area contributed by atoms with E-state index in [2.05, 4.69) is 10.2 Å². The van der Waals surface area contributed by atoms with E-state index in [4.69, 9.17) is 17.3 Å². The number of halogens is 2. The van der Waals surface area contributed by atoms with E-state index in [0.717, 1.165) is 42.6 Å². The average Bonchev–Trinajstić information content (AvgIpc) is 3.11. The van der Waals surface area contributed by atoms with Crippen LogP contribution in [0.3, 0.4) is 0 Å². The molecule has 0 radical (unpaired) electrons. The second-order valence-electron chi connectivity index (χ2n) is 6.95. The lowest BCUT2D eigenvalue weighted by atomic mass is 9.96. The van der Waals surface area contributed by atoms with Gasteiger partial charge in [-0.05, 0) is 55.5 Å². The Labute approximate surface area is 170 Å². The Morgan fingerprint density at radius 1 is 1.28 bits per heavy atom. The Morgan fingerprint density at radius 3 is 2.79 bits per heavy atom. The maximum Gasteiger partial charge on any atom is 0.319 e. The van der Waals surface area contributed by atoms with Crippen LogP contribution in [0, 0.1) is 5.82 Å². The molecule has 3 N–H and O–H groups in total. The Hall–Kier alpha value is -3.13. The number of anilines is 1. The highest BCUT2D eigenvalue weighted by Gasteiger charge is 2.22. The first-order valence-corrected chi connectivity index (χ1v) is 9.62. The maximum absolute atomic E-state index is 13.4. The monoisotopic (exact) mass is 415 g/mol. The second kappa shape index (κ2) is 7.71. The summed E-state index contributed by atoms with van der Waals surface area (Å²) in [6.07, 6.45) is 5.53. The molecule has 0 saturated carbocycles. The summed E-state index contributed by atoms with van der Waals surface area (Å²) in [5, 5.41) is 7.30. The van der Waals surface area contributed by atoms with Crippen LogP contribution in [0.5, 0.6) is 0 Å². The number of amides is 2. The summed E-state index contributed by atoms with van der Waals surface area (Å²) in [5.41, 5.74) is 8.93. The number of nitrogens with one attached hydrogen (secondary N) is 1. The molecule has 0 unspecified atom stereocenters. The number of nitrogens with zero attached hydrogens (tertiary/aromatic N) is 3. The van der Waals surface area contributed by atoms with Gasteiger partial charge in [0.1, 0.15) is 5.82 Å². The van der Waals surface area contributed by atoms with E-state index < -0.39 is 17.4 Å². The van der Waals surface area contributed by atoms with Crippen molar-refractivity contribution in [3.05, 3.63) is 74.7 Å². The van der Waals surface area contributed by atoms with Crippen LogP contribution in [-0.2, 0) is 19.4 Å². The van der Waals surface area contributed by atoms with Gasteiger partial charge in [-0.3, -0.25) is 19.4 Å². The fourth-order valence-electron chi connectivity index (χ4n) is 3.61. The molecular weight excluding hydrogens is 397 g/mol. The molecule has 0 saturated heterocycles. The largest absolute Gasteiger partial charge is 0.351 e. The van der Waals surface area contributed by atoms with E-state index in [-0.39, 0.29) is 11.6 Å². The average molecular weight is 416 g/mol. The van der Waals surface area contributed by atoms with Crippen molar-refractivity contribution >= 4 is 23.3 Å². The smallest absolute Gasteiger partial charge is 0.319 e. The fraction of sp³-hybridized carbons (Fsp3) is 0.250. The van der Waals surface area contributed by atoms with Crippen LogP contribution in [0.25, 0.3) is 5.69 Å². The maximum atomic E-state index is 13.4. The van der Waals surface area contributed by atoms with Crippen molar-refractivity contribution in [3.63, 3.8) is 0 Å². The number of fused-ring (bicyclic) bond motifs is 1. The zero-order chi connectivity index (χ0) is 20.5. The molecule has 29 heavy (non-hydrogen) atoms. The van der Waals surface area contributed by atoms with Gasteiger partial charge in [0.15, 0.2) is 0 Å². The van der Waals surface area contributed by atoms with Gasteiger partial charge >= 0.3 is 6.03 Å². The minimum atomic E-state index is -0.681. The molecule has 150 valence electrons. The quantitative estimate of drug-likeness (QED) is 0.684. The normalized spacial score (nSPS) is 13.2. The lowest BCUT2D eigenvalue weighted by Gasteiger charge is -2.21. The summed E-state index contributed by atoms with van der Waals surface area (Å²) in [5.74, 6) is -0.567. The molecule has 2 amide bonds. The third-order valence-electron chi connectivity index (χ3n) is 5.11. The van der Waals surface area contributed by atoms with Gasteiger partial charge in [-0.1, -0.05) is 11.6 Å². The van der Waals surface area contributed by atoms with Gasteiger partial charge in [0.25, 0.3) is 5.56 Å². The van der Waals surface area contributed by atoms with Crippen molar-refractivity contribution in [2.45, 2.75) is 32.2 Å². The van der Waals surface area contributed by atoms with Gasteiger partial charge in [0.2, 0.25) is 0 Å². The number of carbonyl (C=O) groups is 1. The highest BCUT2D eigenvalue weighted by atomic mass is 35.5. The number of aromatic amines is 1. The molecule has 1 aliphatic carbocycles. The molecule has 1 aliphatic rings. The Kier molecular flexibility index (Phi) is 5.10. The molecule has 1 aromatic carbocycles.